The summed E-state index contributed by atoms with van der Waals surface area (Å²) in [6.45, 7) is 9.49. The molecule has 0 radical (unpaired) electrons. The summed E-state index contributed by atoms with van der Waals surface area (Å²) >= 11 is 0. The summed E-state index contributed by atoms with van der Waals surface area (Å²) in [5.74, 6) is -1.23. The topological polar surface area (TPSA) is 74.2 Å². The van der Waals surface area contributed by atoms with E-state index in [1.165, 1.54) is 14.2 Å². The van der Waals surface area contributed by atoms with Crippen molar-refractivity contribution in [3.05, 3.63) is 24.0 Å². The molecule has 1 aliphatic carbocycles. The van der Waals surface area contributed by atoms with Crippen molar-refractivity contribution >= 4 is 17.5 Å². The van der Waals surface area contributed by atoms with Gasteiger partial charge in [-0.25, -0.2) is 0 Å². The fourth-order valence-electron chi connectivity index (χ4n) is 2.88. The lowest BCUT2D eigenvalue weighted by Gasteiger charge is -2.37. The zero-order valence-corrected chi connectivity index (χ0v) is 15.2. The molecule has 0 aliphatic heterocycles. The summed E-state index contributed by atoms with van der Waals surface area (Å²) in [4.78, 5) is 30.4. The maximum absolute atomic E-state index is 13.1. The first kappa shape index (κ1) is 19.9. The maximum Gasteiger partial charge on any atom is 0.317 e. The van der Waals surface area contributed by atoms with Crippen molar-refractivity contribution in [3.8, 4) is 0 Å². The second-order valence-corrected chi connectivity index (χ2v) is 6.36. The number of allylic oxidation sites excluding steroid dienone is 2. The van der Waals surface area contributed by atoms with Gasteiger partial charge in [-0.05, 0) is 11.8 Å². The van der Waals surface area contributed by atoms with Crippen molar-refractivity contribution in [2.45, 2.75) is 40.0 Å². The van der Waals surface area contributed by atoms with Crippen LogP contribution in [0.1, 0.15) is 40.0 Å². The molecule has 0 aromatic rings. The van der Waals surface area contributed by atoms with Crippen molar-refractivity contribution in [3.63, 3.8) is 0 Å². The SMILES string of the molecule is C=CCO/N=C(/CCC)C1=C(OC)CC(C)(C)[C@@H](C(=O)OC)C1=O. The van der Waals surface area contributed by atoms with Crippen LogP contribution in [0.5, 0.6) is 0 Å². The lowest BCUT2D eigenvalue weighted by atomic mass is 9.67. The Morgan fingerprint density at radius 3 is 2.58 bits per heavy atom. The summed E-state index contributed by atoms with van der Waals surface area (Å²) in [6, 6.07) is 0. The van der Waals surface area contributed by atoms with Crippen LogP contribution in [0, 0.1) is 11.3 Å². The lowest BCUT2D eigenvalue weighted by Crippen LogP contribution is -2.44. The Morgan fingerprint density at radius 1 is 1.42 bits per heavy atom. The van der Waals surface area contributed by atoms with Gasteiger partial charge in [-0.1, -0.05) is 45.0 Å². The van der Waals surface area contributed by atoms with Gasteiger partial charge < -0.3 is 14.3 Å². The first-order valence-electron chi connectivity index (χ1n) is 8.03. The molecule has 1 aliphatic rings. The van der Waals surface area contributed by atoms with Crippen LogP contribution in [0.25, 0.3) is 0 Å². The lowest BCUT2D eigenvalue weighted by molar-refractivity contribution is -0.154. The van der Waals surface area contributed by atoms with E-state index < -0.39 is 17.3 Å². The Bertz CT molecular complexity index is 560. The minimum Gasteiger partial charge on any atom is -0.500 e. The minimum atomic E-state index is -0.891. The fourth-order valence-corrected chi connectivity index (χ4v) is 2.88. The molecule has 134 valence electrons. The van der Waals surface area contributed by atoms with Crippen LogP contribution in [0.15, 0.2) is 29.1 Å². The molecule has 0 bridgehead atoms. The van der Waals surface area contributed by atoms with Gasteiger partial charge in [-0.3, -0.25) is 9.59 Å². The van der Waals surface area contributed by atoms with Crippen molar-refractivity contribution < 1.29 is 23.9 Å². The third-order valence-electron chi connectivity index (χ3n) is 4.01. The van der Waals surface area contributed by atoms with Gasteiger partial charge in [0.25, 0.3) is 0 Å². The standard InChI is InChI=1S/C18H27NO5/c1-7-9-12(19-24-10-8-2)14-13(22-5)11-18(3,4)15(16(14)20)17(21)23-6/h8,15H,2,7,9-11H2,1,3-6H3/b19-12-/t15-/m1/s1. The highest BCUT2D eigenvalue weighted by Crippen LogP contribution is 2.43. The number of methoxy groups -OCH3 is 2. The third-order valence-corrected chi connectivity index (χ3v) is 4.01. The molecular weight excluding hydrogens is 310 g/mol. The number of hydrogen-bond acceptors (Lipinski definition) is 6. The predicted octanol–water partition coefficient (Wildman–Crippen LogP) is 3.03. The van der Waals surface area contributed by atoms with Crippen LogP contribution >= 0.6 is 0 Å². The van der Waals surface area contributed by atoms with Crippen molar-refractivity contribution in [1.29, 1.82) is 0 Å². The molecule has 24 heavy (non-hydrogen) atoms. The molecule has 0 N–H and O–H groups in total. The molecular formula is C18H27NO5. The molecule has 1 atom stereocenters. The van der Waals surface area contributed by atoms with Crippen LogP contribution in [0.3, 0.4) is 0 Å². The smallest absolute Gasteiger partial charge is 0.317 e. The van der Waals surface area contributed by atoms with Gasteiger partial charge in [0, 0.05) is 6.42 Å². The predicted molar refractivity (Wildman–Crippen MR) is 91.4 cm³/mol. The zero-order valence-electron chi connectivity index (χ0n) is 15.2. The molecule has 0 saturated heterocycles. The van der Waals surface area contributed by atoms with Crippen LogP contribution in [0.2, 0.25) is 0 Å². The first-order chi connectivity index (χ1) is 11.3. The largest absolute Gasteiger partial charge is 0.500 e. The molecule has 0 unspecified atom stereocenters. The molecule has 6 nitrogen and oxygen atoms in total. The third kappa shape index (κ3) is 4.24. The fraction of sp³-hybridized carbons (Fsp3) is 0.611. The van der Waals surface area contributed by atoms with Gasteiger partial charge in [-0.2, -0.15) is 0 Å². The molecule has 0 saturated carbocycles. The summed E-state index contributed by atoms with van der Waals surface area (Å²) in [6.07, 6.45) is 3.33. The summed E-state index contributed by atoms with van der Waals surface area (Å²) in [7, 11) is 2.81. The van der Waals surface area contributed by atoms with E-state index in [9.17, 15) is 9.59 Å². The average molecular weight is 337 g/mol. The van der Waals surface area contributed by atoms with Crippen molar-refractivity contribution in [1.82, 2.24) is 0 Å². The van der Waals surface area contributed by atoms with E-state index in [0.717, 1.165) is 6.42 Å². The van der Waals surface area contributed by atoms with E-state index in [1.807, 2.05) is 20.8 Å². The van der Waals surface area contributed by atoms with E-state index in [-0.39, 0.29) is 12.4 Å². The normalized spacial score (nSPS) is 20.6. The van der Waals surface area contributed by atoms with Gasteiger partial charge in [0.15, 0.2) is 5.78 Å². The number of ketones is 1. The van der Waals surface area contributed by atoms with Crippen LogP contribution < -0.4 is 0 Å². The van der Waals surface area contributed by atoms with Crippen LogP contribution in [-0.2, 0) is 23.9 Å². The number of ether oxygens (including phenoxy) is 2. The molecule has 0 heterocycles. The molecule has 0 fully saturated rings. The summed E-state index contributed by atoms with van der Waals surface area (Å²) < 4.78 is 10.3. The maximum atomic E-state index is 13.1. The number of nitrogens with zero attached hydrogens (tertiary/aromatic N) is 1. The number of hydrogen-bond donors (Lipinski definition) is 0. The van der Waals surface area contributed by atoms with Gasteiger partial charge in [0.1, 0.15) is 18.3 Å². The minimum absolute atomic E-state index is 0.239. The van der Waals surface area contributed by atoms with E-state index >= 15 is 0 Å². The Kier molecular flexibility index (Phi) is 7.19. The number of carbonyl (C=O) groups is 2. The van der Waals surface area contributed by atoms with E-state index in [1.54, 1.807) is 6.08 Å². The molecule has 0 amide bonds. The van der Waals surface area contributed by atoms with Crippen molar-refractivity contribution in [2.75, 3.05) is 20.8 Å². The van der Waals surface area contributed by atoms with Gasteiger partial charge in [0.2, 0.25) is 0 Å². The van der Waals surface area contributed by atoms with E-state index in [4.69, 9.17) is 14.3 Å². The van der Waals surface area contributed by atoms with E-state index in [0.29, 0.717) is 29.9 Å². The molecule has 0 aromatic carbocycles. The first-order valence-corrected chi connectivity index (χ1v) is 8.03. The van der Waals surface area contributed by atoms with Gasteiger partial charge >= 0.3 is 5.97 Å². The van der Waals surface area contributed by atoms with Crippen molar-refractivity contribution in [2.24, 2.45) is 16.5 Å². The quantitative estimate of drug-likeness (QED) is 0.170. The van der Waals surface area contributed by atoms with Crippen LogP contribution in [0.4, 0.5) is 0 Å². The Balaban J connectivity index is 3.40. The van der Waals surface area contributed by atoms with E-state index in [2.05, 4.69) is 11.7 Å². The summed E-state index contributed by atoms with van der Waals surface area (Å²) in [5.41, 5.74) is 0.224. The molecule has 1 rings (SSSR count). The average Bonchev–Trinajstić information content (AvgIpc) is 2.53. The second-order valence-electron chi connectivity index (χ2n) is 6.36. The monoisotopic (exact) mass is 337 g/mol. The van der Waals surface area contributed by atoms with Gasteiger partial charge in [-0.15, -0.1) is 0 Å². The number of rotatable bonds is 8. The molecule has 0 aromatic heterocycles. The number of carbonyl (C=O) groups excluding carboxylic acids is 2. The highest BCUT2D eigenvalue weighted by atomic mass is 16.6. The van der Waals surface area contributed by atoms with Gasteiger partial charge in [0.05, 0.1) is 25.5 Å². The Morgan fingerprint density at radius 2 is 2.08 bits per heavy atom. The highest BCUT2D eigenvalue weighted by molar-refractivity contribution is 6.27. The van der Waals surface area contributed by atoms with Crippen LogP contribution in [-0.4, -0.2) is 38.3 Å². The number of oxime groups is 1. The number of esters is 1. The Hall–Kier alpha value is -2.11. The Labute approximate surface area is 143 Å². The summed E-state index contributed by atoms with van der Waals surface area (Å²) in [5, 5.41) is 4.08. The highest BCUT2D eigenvalue weighted by Gasteiger charge is 2.49. The number of Topliss-reactive ketones (excluding diaryl/α,β-unsaturated/α-hetero) is 1. The zero-order chi connectivity index (χ0) is 18.3. The second kappa shape index (κ2) is 8.66. The molecule has 6 heteroatoms. The molecule has 0 spiro atoms.